The molecule has 0 amide bonds. The molecule has 6 nitrogen and oxygen atoms in total. The molecule has 1 aromatic carbocycles. The van der Waals surface area contributed by atoms with Gasteiger partial charge in [-0.3, -0.25) is 0 Å². The monoisotopic (exact) mass is 442 g/mol. The molecule has 1 aromatic heterocycles. The first-order valence-electron chi connectivity index (χ1n) is 10.1. The first kappa shape index (κ1) is 22.7. The number of benzene rings is 1. The van der Waals surface area contributed by atoms with Gasteiger partial charge in [0.25, 0.3) is 0 Å². The van der Waals surface area contributed by atoms with Crippen molar-refractivity contribution in [2.45, 2.75) is 40.0 Å². The second-order valence-corrected chi connectivity index (χ2v) is 8.04. The Labute approximate surface area is 187 Å². The van der Waals surface area contributed by atoms with Gasteiger partial charge in [0.05, 0.1) is 30.8 Å². The van der Waals surface area contributed by atoms with Crippen LogP contribution in [0.2, 0.25) is 5.02 Å². The van der Waals surface area contributed by atoms with Crippen molar-refractivity contribution >= 4 is 23.5 Å². The Morgan fingerprint density at radius 1 is 1.03 bits per heavy atom. The second-order valence-electron chi connectivity index (χ2n) is 7.64. The van der Waals surface area contributed by atoms with Crippen LogP contribution in [0.3, 0.4) is 0 Å². The summed E-state index contributed by atoms with van der Waals surface area (Å²) in [5.74, 6) is -1.70. The molecule has 1 atom stereocenters. The first-order valence-corrected chi connectivity index (χ1v) is 10.5. The number of halogens is 1. The van der Waals surface area contributed by atoms with Crippen LogP contribution < -0.4 is 5.32 Å². The summed E-state index contributed by atoms with van der Waals surface area (Å²) in [4.78, 5) is 29.1. The van der Waals surface area contributed by atoms with E-state index in [0.29, 0.717) is 39.5 Å². The number of ether oxygens (including phenoxy) is 2. The van der Waals surface area contributed by atoms with Gasteiger partial charge in [0.15, 0.2) is 0 Å². The van der Waals surface area contributed by atoms with Crippen LogP contribution in [0.15, 0.2) is 52.9 Å². The van der Waals surface area contributed by atoms with Gasteiger partial charge in [-0.15, -0.1) is 0 Å². The smallest absolute Gasteiger partial charge is 0.336 e. The molecule has 2 aromatic rings. The van der Waals surface area contributed by atoms with Gasteiger partial charge in [-0.2, -0.15) is 0 Å². The van der Waals surface area contributed by atoms with Gasteiger partial charge >= 0.3 is 11.9 Å². The van der Waals surface area contributed by atoms with Gasteiger partial charge in [0.2, 0.25) is 0 Å². The van der Waals surface area contributed by atoms with Crippen molar-refractivity contribution in [1.29, 1.82) is 0 Å². The van der Waals surface area contributed by atoms with E-state index in [2.05, 4.69) is 10.3 Å². The molecule has 31 heavy (non-hydrogen) atoms. The molecule has 0 radical (unpaired) electrons. The highest BCUT2D eigenvalue weighted by Crippen LogP contribution is 2.41. The Kier molecular flexibility index (Phi) is 6.91. The van der Waals surface area contributed by atoms with E-state index in [1.54, 1.807) is 32.0 Å². The van der Waals surface area contributed by atoms with Crippen molar-refractivity contribution in [3.8, 4) is 0 Å². The number of nitrogens with one attached hydrogen (secondary N) is 2. The standard InChI is InChI=1S/C24H27ClN2O4/c1-13-12-17(14(2)26-13)10-11-31-24(29)21-16(4)27-15(3)20(23(28)30-5)22(21)18-8-6-7-9-19(18)25/h6-9,12,22,26-27H,10-11H2,1-5H3. The highest BCUT2D eigenvalue weighted by Gasteiger charge is 2.38. The lowest BCUT2D eigenvalue weighted by atomic mass is 9.80. The quantitative estimate of drug-likeness (QED) is 0.645. The summed E-state index contributed by atoms with van der Waals surface area (Å²) in [6, 6.07) is 9.21. The van der Waals surface area contributed by atoms with Gasteiger partial charge in [0.1, 0.15) is 0 Å². The number of allylic oxidation sites excluding steroid dienone is 2. The fraction of sp³-hybridized carbons (Fsp3) is 0.333. The van der Waals surface area contributed by atoms with Crippen LogP contribution in [0.1, 0.15) is 42.3 Å². The highest BCUT2D eigenvalue weighted by molar-refractivity contribution is 6.31. The number of methoxy groups -OCH3 is 1. The van der Waals surface area contributed by atoms with E-state index in [1.165, 1.54) is 7.11 Å². The van der Waals surface area contributed by atoms with Crippen LogP contribution in [0.5, 0.6) is 0 Å². The molecule has 3 rings (SSSR count). The van der Waals surface area contributed by atoms with Crippen molar-refractivity contribution in [2.75, 3.05) is 13.7 Å². The van der Waals surface area contributed by atoms with Crippen LogP contribution >= 0.6 is 11.6 Å². The molecule has 1 unspecified atom stereocenters. The van der Waals surface area contributed by atoms with Crippen molar-refractivity contribution in [2.24, 2.45) is 0 Å². The fourth-order valence-electron chi connectivity index (χ4n) is 4.04. The maximum Gasteiger partial charge on any atom is 0.336 e. The Morgan fingerprint density at radius 2 is 1.68 bits per heavy atom. The van der Waals surface area contributed by atoms with Crippen LogP contribution in [-0.2, 0) is 25.5 Å². The third-order valence-electron chi connectivity index (χ3n) is 5.46. The minimum Gasteiger partial charge on any atom is -0.466 e. The summed E-state index contributed by atoms with van der Waals surface area (Å²) >= 11 is 6.47. The summed E-state index contributed by atoms with van der Waals surface area (Å²) in [6.07, 6.45) is 0.594. The molecular weight excluding hydrogens is 416 g/mol. The molecule has 0 saturated heterocycles. The van der Waals surface area contributed by atoms with Gasteiger partial charge < -0.3 is 19.8 Å². The minimum absolute atomic E-state index is 0.221. The molecule has 7 heteroatoms. The predicted octanol–water partition coefficient (Wildman–Crippen LogP) is 4.48. The van der Waals surface area contributed by atoms with E-state index in [9.17, 15) is 9.59 Å². The van der Waals surface area contributed by atoms with Crippen LogP contribution in [0.25, 0.3) is 0 Å². The largest absolute Gasteiger partial charge is 0.466 e. The van der Waals surface area contributed by atoms with Crippen molar-refractivity contribution in [3.63, 3.8) is 0 Å². The van der Waals surface area contributed by atoms with Gasteiger partial charge in [-0.05, 0) is 51.0 Å². The predicted molar refractivity (Wildman–Crippen MR) is 120 cm³/mol. The Bertz CT molecular complexity index is 1080. The normalized spacial score (nSPS) is 16.3. The average Bonchev–Trinajstić information content (AvgIpc) is 3.04. The Balaban J connectivity index is 1.92. The van der Waals surface area contributed by atoms with E-state index in [0.717, 1.165) is 17.0 Å². The number of aromatic amines is 1. The van der Waals surface area contributed by atoms with Crippen LogP contribution in [0, 0.1) is 13.8 Å². The van der Waals surface area contributed by atoms with Crippen LogP contribution in [-0.4, -0.2) is 30.6 Å². The molecule has 164 valence electrons. The number of rotatable bonds is 6. The van der Waals surface area contributed by atoms with Gasteiger partial charge in [-0.1, -0.05) is 29.8 Å². The highest BCUT2D eigenvalue weighted by atomic mass is 35.5. The molecule has 0 bridgehead atoms. The number of H-pyrrole nitrogens is 1. The van der Waals surface area contributed by atoms with Gasteiger partial charge in [0, 0.05) is 34.2 Å². The fourth-order valence-corrected chi connectivity index (χ4v) is 4.28. The zero-order valence-electron chi connectivity index (χ0n) is 18.4. The minimum atomic E-state index is -0.689. The molecule has 2 heterocycles. The lowest BCUT2D eigenvalue weighted by Crippen LogP contribution is -2.32. The molecule has 0 saturated carbocycles. The third kappa shape index (κ3) is 4.69. The number of esters is 2. The van der Waals surface area contributed by atoms with E-state index < -0.39 is 17.9 Å². The number of aryl methyl sites for hydroxylation is 2. The number of hydrogen-bond acceptors (Lipinski definition) is 5. The molecular formula is C24H27ClN2O4. The zero-order valence-corrected chi connectivity index (χ0v) is 19.1. The van der Waals surface area contributed by atoms with E-state index in [4.69, 9.17) is 21.1 Å². The number of carbonyl (C=O) groups is 2. The van der Waals surface area contributed by atoms with E-state index in [1.807, 2.05) is 26.0 Å². The third-order valence-corrected chi connectivity index (χ3v) is 5.81. The van der Waals surface area contributed by atoms with Crippen molar-refractivity contribution < 1.29 is 19.1 Å². The van der Waals surface area contributed by atoms with Crippen molar-refractivity contribution in [3.05, 3.63) is 80.4 Å². The summed E-state index contributed by atoms with van der Waals surface area (Å²) in [6.45, 7) is 7.77. The molecule has 1 aliphatic heterocycles. The molecule has 0 aliphatic carbocycles. The molecule has 1 aliphatic rings. The number of hydrogen-bond donors (Lipinski definition) is 2. The maximum absolute atomic E-state index is 13.2. The lowest BCUT2D eigenvalue weighted by Gasteiger charge is -2.30. The average molecular weight is 443 g/mol. The van der Waals surface area contributed by atoms with Crippen molar-refractivity contribution in [1.82, 2.24) is 10.3 Å². The zero-order chi connectivity index (χ0) is 22.7. The van der Waals surface area contributed by atoms with Gasteiger partial charge in [-0.25, -0.2) is 9.59 Å². The second kappa shape index (κ2) is 9.43. The number of aromatic nitrogens is 1. The Hall–Kier alpha value is -2.99. The van der Waals surface area contributed by atoms with E-state index >= 15 is 0 Å². The lowest BCUT2D eigenvalue weighted by molar-refractivity contribution is -0.139. The molecule has 2 N–H and O–H groups in total. The number of dihydropyridines is 1. The summed E-state index contributed by atoms with van der Waals surface area (Å²) in [7, 11) is 1.32. The topological polar surface area (TPSA) is 80.4 Å². The Morgan fingerprint density at radius 3 is 2.26 bits per heavy atom. The maximum atomic E-state index is 13.2. The first-order chi connectivity index (χ1) is 14.7. The SMILES string of the molecule is COC(=O)C1=C(C)NC(C)=C(C(=O)OCCc2cc(C)[nH]c2C)C1c1ccccc1Cl. The van der Waals surface area contributed by atoms with Crippen LogP contribution in [0.4, 0.5) is 0 Å². The summed E-state index contributed by atoms with van der Waals surface area (Å²) in [5, 5.41) is 3.58. The molecule has 0 spiro atoms. The number of carbonyl (C=O) groups excluding carboxylic acids is 2. The summed E-state index contributed by atoms with van der Waals surface area (Å²) in [5.41, 5.74) is 5.80. The molecule has 0 fully saturated rings. The van der Waals surface area contributed by atoms with E-state index in [-0.39, 0.29) is 6.61 Å². The summed E-state index contributed by atoms with van der Waals surface area (Å²) < 4.78 is 10.7.